The molecule has 0 unspecified atom stereocenters. The van der Waals surface area contributed by atoms with Gasteiger partial charge in [-0.05, 0) is 18.2 Å². The van der Waals surface area contributed by atoms with E-state index in [-0.39, 0.29) is 0 Å². The van der Waals surface area contributed by atoms with Crippen LogP contribution >= 0.6 is 11.6 Å². The molecule has 0 aromatic heterocycles. The van der Waals surface area contributed by atoms with Crippen molar-refractivity contribution in [2.24, 2.45) is 0 Å². The van der Waals surface area contributed by atoms with Gasteiger partial charge in [-0.15, -0.1) is 0 Å². The maximum atomic E-state index is 10.1. The highest BCUT2D eigenvalue weighted by Crippen LogP contribution is 2.23. The number of rotatable bonds is 4. The van der Waals surface area contributed by atoms with Gasteiger partial charge in [-0.2, -0.15) is 0 Å². The molecule has 0 amide bonds. The summed E-state index contributed by atoms with van der Waals surface area (Å²) in [5, 5.41) is 0.650. The molecule has 0 saturated carbocycles. The van der Waals surface area contributed by atoms with Crippen LogP contribution in [0.2, 0.25) is 5.02 Å². The number of carbonyl (C=O) groups is 1. The van der Waals surface area contributed by atoms with E-state index in [0.717, 1.165) is 17.6 Å². The van der Waals surface area contributed by atoms with E-state index in [2.05, 4.69) is 0 Å². The molecule has 0 saturated heterocycles. The van der Waals surface area contributed by atoms with Gasteiger partial charge in [0.15, 0.2) is 0 Å². The Morgan fingerprint density at radius 2 is 2.29 bits per heavy atom. The monoisotopic (exact) mass is 210 g/mol. The summed E-state index contributed by atoms with van der Waals surface area (Å²) in [5.41, 5.74) is 0.877. The van der Waals surface area contributed by atoms with Gasteiger partial charge in [-0.3, -0.25) is 0 Å². The van der Waals surface area contributed by atoms with Crippen molar-refractivity contribution in [2.75, 3.05) is 7.11 Å². The van der Waals surface area contributed by atoms with Gasteiger partial charge in [-0.25, -0.2) is 0 Å². The van der Waals surface area contributed by atoms with E-state index in [4.69, 9.17) is 16.3 Å². The Balaban J connectivity index is 2.92. The van der Waals surface area contributed by atoms with E-state index in [1.54, 1.807) is 31.4 Å². The molecule has 1 aromatic rings. The summed E-state index contributed by atoms with van der Waals surface area (Å²) >= 11 is 5.83. The van der Waals surface area contributed by atoms with Crippen molar-refractivity contribution in [3.8, 4) is 5.75 Å². The standard InChI is InChI=1S/C11H11ClO2/c1-14-11-6-5-10(12)8-9(11)4-2-3-7-13/h2,4-8H,3H2,1H3. The van der Waals surface area contributed by atoms with Crippen molar-refractivity contribution in [1.82, 2.24) is 0 Å². The molecule has 1 rings (SSSR count). The normalized spacial score (nSPS) is 10.4. The lowest BCUT2D eigenvalue weighted by Crippen LogP contribution is -1.86. The number of aldehydes is 1. The molecular formula is C11H11ClO2. The molecule has 74 valence electrons. The molecule has 0 aliphatic carbocycles. The van der Waals surface area contributed by atoms with E-state index in [1.165, 1.54) is 0 Å². The minimum absolute atomic E-state index is 0.398. The van der Waals surface area contributed by atoms with Crippen LogP contribution in [0.1, 0.15) is 12.0 Å². The lowest BCUT2D eigenvalue weighted by Gasteiger charge is -2.04. The summed E-state index contributed by atoms with van der Waals surface area (Å²) in [6, 6.07) is 5.35. The second kappa shape index (κ2) is 5.45. The average Bonchev–Trinajstić information content (AvgIpc) is 2.19. The number of ether oxygens (including phenoxy) is 1. The number of halogens is 1. The Morgan fingerprint density at radius 3 is 2.93 bits per heavy atom. The Hall–Kier alpha value is -1.28. The third-order valence-corrected chi connectivity index (χ3v) is 1.96. The van der Waals surface area contributed by atoms with Crippen molar-refractivity contribution in [3.63, 3.8) is 0 Å². The molecule has 0 aliphatic rings. The number of hydrogen-bond donors (Lipinski definition) is 0. The van der Waals surface area contributed by atoms with Gasteiger partial charge in [0.05, 0.1) is 7.11 Å². The summed E-state index contributed by atoms with van der Waals surface area (Å²) in [6.45, 7) is 0. The number of carbonyl (C=O) groups excluding carboxylic acids is 1. The summed E-state index contributed by atoms with van der Waals surface area (Å²) < 4.78 is 5.13. The van der Waals surface area contributed by atoms with Gasteiger partial charge in [0.1, 0.15) is 12.0 Å². The van der Waals surface area contributed by atoms with Crippen LogP contribution in [0.5, 0.6) is 5.75 Å². The summed E-state index contributed by atoms with van der Waals surface area (Å²) in [4.78, 5) is 10.1. The zero-order valence-corrected chi connectivity index (χ0v) is 8.62. The largest absolute Gasteiger partial charge is 0.496 e. The molecule has 0 bridgehead atoms. The molecular weight excluding hydrogens is 200 g/mol. The maximum absolute atomic E-state index is 10.1. The van der Waals surface area contributed by atoms with Gasteiger partial charge >= 0.3 is 0 Å². The highest BCUT2D eigenvalue weighted by molar-refractivity contribution is 6.30. The van der Waals surface area contributed by atoms with Crippen molar-refractivity contribution < 1.29 is 9.53 Å². The van der Waals surface area contributed by atoms with Crippen LogP contribution in [-0.2, 0) is 4.79 Å². The minimum Gasteiger partial charge on any atom is -0.496 e. The van der Waals surface area contributed by atoms with Crippen LogP contribution < -0.4 is 4.74 Å². The molecule has 0 radical (unpaired) electrons. The lowest BCUT2D eigenvalue weighted by atomic mass is 10.2. The van der Waals surface area contributed by atoms with Gasteiger partial charge in [0.2, 0.25) is 0 Å². The van der Waals surface area contributed by atoms with Gasteiger partial charge in [0, 0.05) is 17.0 Å². The molecule has 14 heavy (non-hydrogen) atoms. The summed E-state index contributed by atoms with van der Waals surface area (Å²) in [7, 11) is 1.60. The molecule has 2 nitrogen and oxygen atoms in total. The molecule has 1 aromatic carbocycles. The van der Waals surface area contributed by atoms with Crippen LogP contribution in [-0.4, -0.2) is 13.4 Å². The van der Waals surface area contributed by atoms with Crippen molar-refractivity contribution in [3.05, 3.63) is 34.9 Å². The van der Waals surface area contributed by atoms with Crippen LogP contribution in [0.4, 0.5) is 0 Å². The fourth-order valence-electron chi connectivity index (χ4n) is 1.09. The zero-order chi connectivity index (χ0) is 10.4. The van der Waals surface area contributed by atoms with Crippen molar-refractivity contribution in [1.29, 1.82) is 0 Å². The first-order valence-electron chi connectivity index (χ1n) is 4.21. The summed E-state index contributed by atoms with van der Waals surface area (Å²) in [5.74, 6) is 0.747. The summed E-state index contributed by atoms with van der Waals surface area (Å²) in [6.07, 6.45) is 4.82. The molecule has 0 heterocycles. The van der Waals surface area contributed by atoms with E-state index >= 15 is 0 Å². The van der Waals surface area contributed by atoms with Gasteiger partial charge in [0.25, 0.3) is 0 Å². The Labute approximate surface area is 88.1 Å². The smallest absolute Gasteiger partial charge is 0.126 e. The molecule has 0 atom stereocenters. The third kappa shape index (κ3) is 2.89. The Kier molecular flexibility index (Phi) is 4.20. The number of allylic oxidation sites excluding steroid dienone is 1. The van der Waals surface area contributed by atoms with Crippen molar-refractivity contribution in [2.45, 2.75) is 6.42 Å². The fourth-order valence-corrected chi connectivity index (χ4v) is 1.27. The number of methoxy groups -OCH3 is 1. The number of hydrogen-bond acceptors (Lipinski definition) is 2. The average molecular weight is 211 g/mol. The van der Waals surface area contributed by atoms with Gasteiger partial charge in [-0.1, -0.05) is 23.8 Å². The predicted molar refractivity (Wildman–Crippen MR) is 57.7 cm³/mol. The molecule has 0 aliphatic heterocycles. The second-order valence-corrected chi connectivity index (χ2v) is 3.13. The maximum Gasteiger partial charge on any atom is 0.126 e. The first-order chi connectivity index (χ1) is 6.77. The molecule has 0 spiro atoms. The first kappa shape index (κ1) is 10.8. The topological polar surface area (TPSA) is 26.3 Å². The van der Waals surface area contributed by atoms with Crippen molar-refractivity contribution >= 4 is 24.0 Å². The van der Waals surface area contributed by atoms with Gasteiger partial charge < -0.3 is 9.53 Å². The molecule has 3 heteroatoms. The Bertz CT molecular complexity index is 345. The molecule has 0 fully saturated rings. The van der Waals surface area contributed by atoms with Crippen LogP contribution in [0.3, 0.4) is 0 Å². The predicted octanol–water partition coefficient (Wildman–Crippen LogP) is 2.95. The third-order valence-electron chi connectivity index (χ3n) is 1.72. The second-order valence-electron chi connectivity index (χ2n) is 2.69. The molecule has 0 N–H and O–H groups in total. The first-order valence-corrected chi connectivity index (χ1v) is 4.59. The minimum atomic E-state index is 0.398. The lowest BCUT2D eigenvalue weighted by molar-refractivity contribution is -0.107. The van der Waals surface area contributed by atoms with E-state index in [1.807, 2.05) is 6.08 Å². The van der Waals surface area contributed by atoms with E-state index < -0.39 is 0 Å². The van der Waals surface area contributed by atoms with Crippen LogP contribution in [0.15, 0.2) is 24.3 Å². The number of benzene rings is 1. The van der Waals surface area contributed by atoms with E-state index in [0.29, 0.717) is 11.4 Å². The highest BCUT2D eigenvalue weighted by Gasteiger charge is 1.99. The SMILES string of the molecule is COc1ccc(Cl)cc1C=CCC=O. The zero-order valence-electron chi connectivity index (χ0n) is 7.87. The highest BCUT2D eigenvalue weighted by atomic mass is 35.5. The fraction of sp³-hybridized carbons (Fsp3) is 0.182. The van der Waals surface area contributed by atoms with Crippen LogP contribution in [0, 0.1) is 0 Å². The van der Waals surface area contributed by atoms with Crippen LogP contribution in [0.25, 0.3) is 6.08 Å². The van der Waals surface area contributed by atoms with E-state index in [9.17, 15) is 4.79 Å². The quantitative estimate of drug-likeness (QED) is 0.715. The Morgan fingerprint density at radius 1 is 1.50 bits per heavy atom.